The molecule has 0 unspecified atom stereocenters. The van der Waals surface area contributed by atoms with Crippen molar-refractivity contribution in [3.8, 4) is 0 Å². The minimum atomic E-state index is -0.214. The predicted molar refractivity (Wildman–Crippen MR) is 91.6 cm³/mol. The number of aromatic nitrogens is 1. The third kappa shape index (κ3) is 4.26. The van der Waals surface area contributed by atoms with Crippen molar-refractivity contribution in [2.24, 2.45) is 5.92 Å². The zero-order valence-electron chi connectivity index (χ0n) is 12.5. The lowest BCUT2D eigenvalue weighted by Crippen LogP contribution is -2.15. The summed E-state index contributed by atoms with van der Waals surface area (Å²) in [6.07, 6.45) is 8.46. The average Bonchev–Trinajstić information content (AvgIpc) is 3.21. The van der Waals surface area contributed by atoms with Crippen molar-refractivity contribution in [2.75, 3.05) is 10.6 Å². The van der Waals surface area contributed by atoms with E-state index in [0.717, 1.165) is 12.8 Å². The second-order valence-corrected chi connectivity index (χ2v) is 6.28. The molecule has 0 saturated heterocycles. The van der Waals surface area contributed by atoms with Gasteiger partial charge in [-0.15, -0.1) is 11.3 Å². The van der Waals surface area contributed by atoms with E-state index in [4.69, 9.17) is 0 Å². The highest BCUT2D eigenvalue weighted by atomic mass is 32.1. The minimum absolute atomic E-state index is 0.00142. The Kier molecular flexibility index (Phi) is 4.83. The van der Waals surface area contributed by atoms with Crippen LogP contribution in [0.2, 0.25) is 0 Å². The smallest absolute Gasteiger partial charge is 0.257 e. The standard InChI is InChI=1S/C17H17N3O2S/c21-15(11-12-3-1-2-4-12)19-14-7-5-13(6-8-14)16(22)20-17-18-9-10-23-17/h1,3,5-10,12H,2,4,11H2,(H,19,21)(H,18,20,22)/t12-/m1/s1. The molecule has 1 aromatic heterocycles. The van der Waals surface area contributed by atoms with Crippen LogP contribution in [0.4, 0.5) is 10.8 Å². The summed E-state index contributed by atoms with van der Waals surface area (Å²) in [6.45, 7) is 0. The summed E-state index contributed by atoms with van der Waals surface area (Å²) < 4.78 is 0. The normalized spacial score (nSPS) is 16.3. The molecule has 1 aliphatic rings. The second-order valence-electron chi connectivity index (χ2n) is 5.39. The molecule has 1 aliphatic carbocycles. The SMILES string of the molecule is O=C(C[C@@H]1C=CCC1)Nc1ccc(C(=O)Nc2nccs2)cc1. The van der Waals surface area contributed by atoms with Crippen LogP contribution >= 0.6 is 11.3 Å². The molecule has 0 aliphatic heterocycles. The predicted octanol–water partition coefficient (Wildman–Crippen LogP) is 3.69. The van der Waals surface area contributed by atoms with Gasteiger partial charge in [0.1, 0.15) is 0 Å². The van der Waals surface area contributed by atoms with Gasteiger partial charge >= 0.3 is 0 Å². The van der Waals surface area contributed by atoms with E-state index in [0.29, 0.717) is 28.7 Å². The molecule has 0 saturated carbocycles. The average molecular weight is 327 g/mol. The Morgan fingerprint density at radius 2 is 2.04 bits per heavy atom. The summed E-state index contributed by atoms with van der Waals surface area (Å²) in [7, 11) is 0. The third-order valence-electron chi connectivity index (χ3n) is 3.64. The number of thiazole rings is 1. The first-order chi connectivity index (χ1) is 11.2. The van der Waals surface area contributed by atoms with Crippen molar-refractivity contribution >= 4 is 34.0 Å². The number of amides is 2. The van der Waals surface area contributed by atoms with E-state index >= 15 is 0 Å². The van der Waals surface area contributed by atoms with E-state index in [1.54, 1.807) is 35.8 Å². The fraction of sp³-hybridized carbons (Fsp3) is 0.235. The molecule has 0 spiro atoms. The van der Waals surface area contributed by atoms with Gasteiger partial charge in [0, 0.05) is 29.2 Å². The number of nitrogens with zero attached hydrogens (tertiary/aromatic N) is 1. The molecule has 5 nitrogen and oxygen atoms in total. The van der Waals surface area contributed by atoms with Crippen molar-refractivity contribution in [1.29, 1.82) is 0 Å². The van der Waals surface area contributed by atoms with Crippen LogP contribution in [0.25, 0.3) is 0 Å². The number of nitrogens with one attached hydrogen (secondary N) is 2. The first-order valence-electron chi connectivity index (χ1n) is 7.48. The molecule has 1 heterocycles. The number of allylic oxidation sites excluding steroid dienone is 2. The quantitative estimate of drug-likeness (QED) is 0.823. The van der Waals surface area contributed by atoms with E-state index in [9.17, 15) is 9.59 Å². The van der Waals surface area contributed by atoms with Crippen molar-refractivity contribution in [3.63, 3.8) is 0 Å². The van der Waals surface area contributed by atoms with Crippen LogP contribution in [-0.2, 0) is 4.79 Å². The summed E-state index contributed by atoms with van der Waals surface area (Å²) in [4.78, 5) is 28.0. The molecule has 0 bridgehead atoms. The summed E-state index contributed by atoms with van der Waals surface area (Å²) in [5.74, 6) is 0.133. The second kappa shape index (κ2) is 7.19. The van der Waals surface area contributed by atoms with E-state index in [2.05, 4.69) is 27.8 Å². The van der Waals surface area contributed by atoms with Crippen LogP contribution in [0.5, 0.6) is 0 Å². The Morgan fingerprint density at radius 3 is 2.70 bits per heavy atom. The fourth-order valence-corrected chi connectivity index (χ4v) is 3.00. The zero-order valence-corrected chi connectivity index (χ0v) is 13.3. The number of benzene rings is 1. The highest BCUT2D eigenvalue weighted by Gasteiger charge is 2.14. The van der Waals surface area contributed by atoms with Crippen molar-refractivity contribution in [3.05, 3.63) is 53.6 Å². The Labute approximate surface area is 138 Å². The molecule has 3 rings (SSSR count). The maximum atomic E-state index is 12.0. The molecule has 118 valence electrons. The fourth-order valence-electron chi connectivity index (χ4n) is 2.47. The maximum Gasteiger partial charge on any atom is 0.257 e. The molecule has 2 aromatic rings. The third-order valence-corrected chi connectivity index (χ3v) is 4.33. The molecule has 2 amide bonds. The van der Waals surface area contributed by atoms with E-state index in [1.807, 2.05) is 0 Å². The van der Waals surface area contributed by atoms with Gasteiger partial charge in [0.05, 0.1) is 0 Å². The lowest BCUT2D eigenvalue weighted by Gasteiger charge is -2.09. The number of carbonyl (C=O) groups excluding carboxylic acids is 2. The van der Waals surface area contributed by atoms with E-state index in [1.165, 1.54) is 11.3 Å². The van der Waals surface area contributed by atoms with Gasteiger partial charge in [-0.3, -0.25) is 14.9 Å². The van der Waals surface area contributed by atoms with Gasteiger partial charge in [0.2, 0.25) is 5.91 Å². The summed E-state index contributed by atoms with van der Waals surface area (Å²) in [5.41, 5.74) is 1.22. The molecular weight excluding hydrogens is 310 g/mol. The van der Waals surface area contributed by atoms with Crippen LogP contribution in [0.1, 0.15) is 29.6 Å². The molecule has 0 fully saturated rings. The van der Waals surface area contributed by atoms with Gasteiger partial charge in [0.25, 0.3) is 5.91 Å². The Hall–Kier alpha value is -2.47. The molecule has 1 atom stereocenters. The zero-order chi connectivity index (χ0) is 16.1. The van der Waals surface area contributed by atoms with Gasteiger partial charge in [0.15, 0.2) is 5.13 Å². The lowest BCUT2D eigenvalue weighted by molar-refractivity contribution is -0.116. The molecular formula is C17H17N3O2S. The van der Waals surface area contributed by atoms with Crippen molar-refractivity contribution in [1.82, 2.24) is 4.98 Å². The Balaban J connectivity index is 1.55. The summed E-state index contributed by atoms with van der Waals surface area (Å²) in [5, 5.41) is 7.95. The Morgan fingerprint density at radius 1 is 1.22 bits per heavy atom. The van der Waals surface area contributed by atoms with Crippen LogP contribution in [-0.4, -0.2) is 16.8 Å². The summed E-state index contributed by atoms with van der Waals surface area (Å²) >= 11 is 1.37. The maximum absolute atomic E-state index is 12.0. The molecule has 0 radical (unpaired) electrons. The molecule has 6 heteroatoms. The van der Waals surface area contributed by atoms with E-state index in [-0.39, 0.29) is 11.8 Å². The van der Waals surface area contributed by atoms with Crippen LogP contribution in [0.3, 0.4) is 0 Å². The number of hydrogen-bond donors (Lipinski definition) is 2. The van der Waals surface area contributed by atoms with Gasteiger partial charge in [-0.1, -0.05) is 12.2 Å². The highest BCUT2D eigenvalue weighted by molar-refractivity contribution is 7.13. The largest absolute Gasteiger partial charge is 0.326 e. The lowest BCUT2D eigenvalue weighted by atomic mass is 10.0. The first-order valence-corrected chi connectivity index (χ1v) is 8.36. The molecule has 2 N–H and O–H groups in total. The van der Waals surface area contributed by atoms with Crippen LogP contribution in [0.15, 0.2) is 48.0 Å². The number of anilines is 2. The summed E-state index contributed by atoms with van der Waals surface area (Å²) in [6, 6.07) is 6.85. The van der Waals surface area contributed by atoms with Crippen molar-refractivity contribution < 1.29 is 9.59 Å². The topological polar surface area (TPSA) is 71.1 Å². The minimum Gasteiger partial charge on any atom is -0.326 e. The number of carbonyl (C=O) groups is 2. The number of rotatable bonds is 5. The molecule has 1 aromatic carbocycles. The highest BCUT2D eigenvalue weighted by Crippen LogP contribution is 2.21. The van der Waals surface area contributed by atoms with Gasteiger partial charge < -0.3 is 5.32 Å². The Bertz CT molecular complexity index is 708. The van der Waals surface area contributed by atoms with Gasteiger partial charge in [-0.2, -0.15) is 0 Å². The van der Waals surface area contributed by atoms with Gasteiger partial charge in [-0.25, -0.2) is 4.98 Å². The number of hydrogen-bond acceptors (Lipinski definition) is 4. The molecule has 23 heavy (non-hydrogen) atoms. The first kappa shape index (κ1) is 15.4. The van der Waals surface area contributed by atoms with Crippen LogP contribution < -0.4 is 10.6 Å². The monoisotopic (exact) mass is 327 g/mol. The van der Waals surface area contributed by atoms with Gasteiger partial charge in [-0.05, 0) is 43.0 Å². The van der Waals surface area contributed by atoms with Crippen LogP contribution in [0, 0.1) is 5.92 Å². The van der Waals surface area contributed by atoms with Crippen molar-refractivity contribution in [2.45, 2.75) is 19.3 Å². The van der Waals surface area contributed by atoms with E-state index < -0.39 is 0 Å².